The topological polar surface area (TPSA) is 17.0 Å². The van der Waals surface area contributed by atoms with Crippen LogP contribution in [0.4, 0.5) is 0 Å². The summed E-state index contributed by atoms with van der Waals surface area (Å²) in [7, 11) is 0. The van der Waals surface area contributed by atoms with E-state index in [1.54, 1.807) is 0 Å². The fourth-order valence-electron chi connectivity index (χ4n) is 1.11. The van der Waals surface area contributed by atoms with Crippen LogP contribution in [0.25, 0.3) is 0 Å². The molecule has 1 heterocycles. The largest absolute Gasteiger partial charge is 0.322 e. The number of nitrogens with one attached hydrogen (secondary N) is 1. The average molecular weight is 185 g/mol. The minimum atomic E-state index is 0.750. The molecular weight excluding hydrogens is 172 g/mol. The minimum absolute atomic E-state index is 0.750. The fraction of sp³-hybridized carbons (Fsp3) is 0.333. The summed E-state index contributed by atoms with van der Waals surface area (Å²) < 4.78 is 2.04. The number of halogens is 1. The van der Waals surface area contributed by atoms with Crippen LogP contribution in [0, 0.1) is 13.8 Å². The van der Waals surface area contributed by atoms with Gasteiger partial charge in [-0.2, -0.15) is 0 Å². The molecule has 0 aliphatic heterocycles. The predicted molar refractivity (Wildman–Crippen MR) is 53.1 cm³/mol. The van der Waals surface area contributed by atoms with E-state index in [9.17, 15) is 0 Å². The monoisotopic (exact) mass is 184 g/mol. The summed E-state index contributed by atoms with van der Waals surface area (Å²) >= 11 is 5.39. The zero-order valence-corrected chi connectivity index (χ0v) is 8.10. The van der Waals surface area contributed by atoms with Gasteiger partial charge in [0.05, 0.1) is 6.54 Å². The first-order valence-corrected chi connectivity index (χ1v) is 4.33. The fourth-order valence-corrected chi connectivity index (χ4v) is 1.20. The molecule has 0 spiro atoms. The molecule has 1 aromatic heterocycles. The van der Waals surface area contributed by atoms with Crippen molar-refractivity contribution in [1.82, 2.24) is 4.68 Å². The molecule has 0 unspecified atom stereocenters. The van der Waals surface area contributed by atoms with Crippen LogP contribution in [0.15, 0.2) is 23.7 Å². The standard InChI is InChI=1S/C9H13ClN2/c1-8-4-5-9(2)12(8)11-7-3-6-10/h3-6,11H,7H2,1-2H3/b6-3+. The van der Waals surface area contributed by atoms with Gasteiger partial charge < -0.3 is 5.43 Å². The molecule has 0 aliphatic carbocycles. The Hall–Kier alpha value is -0.890. The van der Waals surface area contributed by atoms with Crippen molar-refractivity contribution in [3.05, 3.63) is 35.1 Å². The first kappa shape index (κ1) is 9.20. The SMILES string of the molecule is Cc1ccc(C)n1NC/C=C/Cl. The van der Waals surface area contributed by atoms with Gasteiger partial charge >= 0.3 is 0 Å². The molecule has 0 aromatic carbocycles. The highest BCUT2D eigenvalue weighted by molar-refractivity contribution is 6.25. The summed E-state index contributed by atoms with van der Waals surface area (Å²) in [4.78, 5) is 0. The Morgan fingerprint density at radius 2 is 2.00 bits per heavy atom. The van der Waals surface area contributed by atoms with Crippen LogP contribution in [-0.4, -0.2) is 11.2 Å². The number of hydrogen-bond acceptors (Lipinski definition) is 1. The molecule has 1 aromatic rings. The molecule has 0 saturated carbocycles. The van der Waals surface area contributed by atoms with Gasteiger partial charge in [-0.25, -0.2) is 0 Å². The molecule has 1 rings (SSSR count). The molecule has 0 radical (unpaired) electrons. The zero-order valence-electron chi connectivity index (χ0n) is 7.34. The lowest BCUT2D eigenvalue weighted by Crippen LogP contribution is -2.16. The van der Waals surface area contributed by atoms with E-state index in [0.29, 0.717) is 0 Å². The highest BCUT2D eigenvalue weighted by atomic mass is 35.5. The van der Waals surface area contributed by atoms with E-state index in [0.717, 1.165) is 6.54 Å². The third-order valence-corrected chi connectivity index (χ3v) is 1.91. The van der Waals surface area contributed by atoms with Crippen LogP contribution in [-0.2, 0) is 0 Å². The molecule has 0 fully saturated rings. The Balaban J connectivity index is 2.61. The molecule has 0 atom stereocenters. The van der Waals surface area contributed by atoms with Gasteiger partial charge in [-0.15, -0.1) is 0 Å². The molecule has 0 aliphatic rings. The maximum atomic E-state index is 5.39. The number of hydrogen-bond donors (Lipinski definition) is 1. The molecule has 0 bridgehead atoms. The Morgan fingerprint density at radius 3 is 2.50 bits per heavy atom. The molecular formula is C9H13ClN2. The van der Waals surface area contributed by atoms with Crippen LogP contribution in [0.2, 0.25) is 0 Å². The second kappa shape index (κ2) is 4.21. The van der Waals surface area contributed by atoms with E-state index < -0.39 is 0 Å². The van der Waals surface area contributed by atoms with Crippen molar-refractivity contribution in [2.45, 2.75) is 13.8 Å². The highest BCUT2D eigenvalue weighted by Gasteiger charge is 1.96. The van der Waals surface area contributed by atoms with Crippen LogP contribution in [0.1, 0.15) is 11.4 Å². The van der Waals surface area contributed by atoms with Crippen molar-refractivity contribution in [1.29, 1.82) is 0 Å². The van der Waals surface area contributed by atoms with Crippen molar-refractivity contribution in [3.63, 3.8) is 0 Å². The average Bonchev–Trinajstić information content (AvgIpc) is 2.35. The predicted octanol–water partition coefficient (Wildman–Crippen LogP) is 2.40. The summed E-state index contributed by atoms with van der Waals surface area (Å²) in [5.41, 5.74) is 7.13. The molecule has 2 nitrogen and oxygen atoms in total. The Morgan fingerprint density at radius 1 is 1.42 bits per heavy atom. The van der Waals surface area contributed by atoms with Gasteiger partial charge in [-0.3, -0.25) is 4.68 Å². The molecule has 12 heavy (non-hydrogen) atoms. The summed E-state index contributed by atoms with van der Waals surface area (Å²) in [6.45, 7) is 4.87. The van der Waals surface area contributed by atoms with E-state index in [1.165, 1.54) is 16.9 Å². The maximum absolute atomic E-state index is 5.39. The summed E-state index contributed by atoms with van der Waals surface area (Å²) in [5.74, 6) is 0. The van der Waals surface area contributed by atoms with E-state index in [4.69, 9.17) is 11.6 Å². The quantitative estimate of drug-likeness (QED) is 0.764. The van der Waals surface area contributed by atoms with Crippen molar-refractivity contribution < 1.29 is 0 Å². The third-order valence-electron chi connectivity index (χ3n) is 1.73. The molecule has 0 saturated heterocycles. The number of nitrogens with zero attached hydrogens (tertiary/aromatic N) is 1. The lowest BCUT2D eigenvalue weighted by molar-refractivity contribution is 0.830. The Kier molecular flexibility index (Phi) is 3.23. The van der Waals surface area contributed by atoms with Gasteiger partial charge in [0.25, 0.3) is 0 Å². The van der Waals surface area contributed by atoms with Gasteiger partial charge in [0.2, 0.25) is 0 Å². The number of rotatable bonds is 3. The number of aromatic nitrogens is 1. The lowest BCUT2D eigenvalue weighted by Gasteiger charge is -2.09. The lowest BCUT2D eigenvalue weighted by atomic mass is 10.5. The van der Waals surface area contributed by atoms with Crippen molar-refractivity contribution in [2.24, 2.45) is 0 Å². The second-order valence-electron chi connectivity index (χ2n) is 2.68. The Bertz CT molecular complexity index is 257. The maximum Gasteiger partial charge on any atom is 0.0506 e. The van der Waals surface area contributed by atoms with Crippen LogP contribution < -0.4 is 5.43 Å². The first-order chi connectivity index (χ1) is 5.75. The van der Waals surface area contributed by atoms with E-state index in [-0.39, 0.29) is 0 Å². The second-order valence-corrected chi connectivity index (χ2v) is 2.93. The van der Waals surface area contributed by atoms with Gasteiger partial charge in [-0.05, 0) is 26.0 Å². The van der Waals surface area contributed by atoms with Crippen LogP contribution in [0.3, 0.4) is 0 Å². The molecule has 66 valence electrons. The van der Waals surface area contributed by atoms with Crippen LogP contribution in [0.5, 0.6) is 0 Å². The van der Waals surface area contributed by atoms with Crippen LogP contribution >= 0.6 is 11.6 Å². The summed E-state index contributed by atoms with van der Waals surface area (Å²) in [6, 6.07) is 4.15. The molecule has 0 amide bonds. The number of aryl methyl sites for hydroxylation is 2. The van der Waals surface area contributed by atoms with Crippen molar-refractivity contribution in [3.8, 4) is 0 Å². The normalized spacial score (nSPS) is 10.9. The zero-order chi connectivity index (χ0) is 8.97. The first-order valence-electron chi connectivity index (χ1n) is 3.89. The Labute approximate surface area is 77.8 Å². The van der Waals surface area contributed by atoms with Gasteiger partial charge in [0.15, 0.2) is 0 Å². The molecule has 3 heteroatoms. The van der Waals surface area contributed by atoms with E-state index in [1.807, 2.05) is 10.8 Å². The van der Waals surface area contributed by atoms with Gasteiger partial charge in [-0.1, -0.05) is 17.7 Å². The minimum Gasteiger partial charge on any atom is -0.322 e. The van der Waals surface area contributed by atoms with Crippen molar-refractivity contribution >= 4 is 11.6 Å². The van der Waals surface area contributed by atoms with E-state index >= 15 is 0 Å². The van der Waals surface area contributed by atoms with Gasteiger partial charge in [0, 0.05) is 16.9 Å². The highest BCUT2D eigenvalue weighted by Crippen LogP contribution is 2.03. The van der Waals surface area contributed by atoms with Crippen molar-refractivity contribution in [2.75, 3.05) is 12.0 Å². The smallest absolute Gasteiger partial charge is 0.0506 e. The third kappa shape index (κ3) is 2.05. The van der Waals surface area contributed by atoms with Gasteiger partial charge in [0.1, 0.15) is 0 Å². The van der Waals surface area contributed by atoms with E-state index in [2.05, 4.69) is 31.4 Å². The summed E-state index contributed by atoms with van der Waals surface area (Å²) in [5, 5.41) is 0. The summed E-state index contributed by atoms with van der Waals surface area (Å²) in [6.07, 6.45) is 1.86. The molecule has 1 N–H and O–H groups in total.